The Morgan fingerprint density at radius 3 is 2.36 bits per heavy atom. The first-order valence-electron chi connectivity index (χ1n) is 9.62. The number of amides is 1. The summed E-state index contributed by atoms with van der Waals surface area (Å²) < 4.78 is 30.8. The molecule has 0 spiro atoms. The molecule has 12 heteroatoms. The third kappa shape index (κ3) is 4.91. The van der Waals surface area contributed by atoms with Gasteiger partial charge in [-0.2, -0.15) is 0 Å². The van der Waals surface area contributed by atoms with Gasteiger partial charge in [0.2, 0.25) is 5.16 Å². The van der Waals surface area contributed by atoms with Crippen LogP contribution >= 0.6 is 22.9 Å². The Hall–Kier alpha value is -3.25. The fourth-order valence-electron chi connectivity index (χ4n) is 3.07. The zero-order chi connectivity index (χ0) is 23.6. The van der Waals surface area contributed by atoms with Gasteiger partial charge in [-0.05, 0) is 49.5 Å². The Labute approximate surface area is 198 Å². The van der Waals surface area contributed by atoms with E-state index in [1.54, 1.807) is 54.7 Å². The predicted octanol–water partition coefficient (Wildman–Crippen LogP) is 2.58. The van der Waals surface area contributed by atoms with Crippen molar-refractivity contribution in [2.45, 2.75) is 11.7 Å². The van der Waals surface area contributed by atoms with Crippen LogP contribution in [0.3, 0.4) is 0 Å². The Balaban J connectivity index is 1.64. The Bertz CT molecular complexity index is 1470. The zero-order valence-corrected chi connectivity index (χ0v) is 19.6. The SMILES string of the molecule is CNS(=O)(=O)c1nc(CNC(=O)c2ccc(Cl)s2)cn1-c1ccc(-n2ccccc2=O)cc1. The van der Waals surface area contributed by atoms with Gasteiger partial charge in [0.15, 0.2) is 0 Å². The van der Waals surface area contributed by atoms with Crippen molar-refractivity contribution in [3.63, 3.8) is 0 Å². The van der Waals surface area contributed by atoms with E-state index in [4.69, 9.17) is 11.6 Å². The lowest BCUT2D eigenvalue weighted by molar-refractivity contribution is 0.0954. The van der Waals surface area contributed by atoms with Gasteiger partial charge in [0.1, 0.15) is 0 Å². The molecule has 0 aliphatic rings. The number of hydrogen-bond acceptors (Lipinski definition) is 6. The summed E-state index contributed by atoms with van der Waals surface area (Å²) in [5.74, 6) is -0.336. The molecule has 0 bridgehead atoms. The second-order valence-electron chi connectivity index (χ2n) is 6.80. The highest BCUT2D eigenvalue weighted by Crippen LogP contribution is 2.22. The lowest BCUT2D eigenvalue weighted by Crippen LogP contribution is -2.23. The molecule has 0 saturated carbocycles. The van der Waals surface area contributed by atoms with Crippen LogP contribution in [-0.4, -0.2) is 35.5 Å². The molecule has 3 aromatic heterocycles. The van der Waals surface area contributed by atoms with Crippen LogP contribution in [0.5, 0.6) is 0 Å². The van der Waals surface area contributed by atoms with E-state index in [0.717, 1.165) is 11.3 Å². The number of rotatable bonds is 7. The maximum absolute atomic E-state index is 12.6. The first kappa shape index (κ1) is 22.9. The minimum absolute atomic E-state index is 0.0189. The molecule has 0 unspecified atom stereocenters. The Kier molecular flexibility index (Phi) is 6.47. The predicted molar refractivity (Wildman–Crippen MR) is 126 cm³/mol. The molecule has 3 heterocycles. The molecule has 9 nitrogen and oxygen atoms in total. The van der Waals surface area contributed by atoms with Crippen LogP contribution in [0.1, 0.15) is 15.4 Å². The summed E-state index contributed by atoms with van der Waals surface area (Å²) in [5, 5.41) is 2.49. The first-order valence-corrected chi connectivity index (χ1v) is 12.3. The lowest BCUT2D eigenvalue weighted by Gasteiger charge is -2.10. The molecular weight excluding hydrogens is 486 g/mol. The molecule has 0 saturated heterocycles. The van der Waals surface area contributed by atoms with Gasteiger partial charge in [-0.25, -0.2) is 18.1 Å². The molecule has 0 atom stereocenters. The number of nitrogens with zero attached hydrogens (tertiary/aromatic N) is 3. The standard InChI is InChI=1S/C21H18ClN5O4S2/c1-23-33(30,31)21-25-14(12-24-20(29)17-9-10-18(22)32-17)13-27(21)16-7-5-15(6-8-16)26-11-3-2-4-19(26)28/h2-11,13,23H,12H2,1H3,(H,24,29). The summed E-state index contributed by atoms with van der Waals surface area (Å²) in [6.07, 6.45) is 3.18. The molecule has 0 fully saturated rings. The van der Waals surface area contributed by atoms with Crippen LogP contribution in [-0.2, 0) is 16.6 Å². The number of pyridine rings is 1. The van der Waals surface area contributed by atoms with Crippen molar-refractivity contribution in [1.82, 2.24) is 24.2 Å². The number of aromatic nitrogens is 3. The maximum atomic E-state index is 12.6. The smallest absolute Gasteiger partial charge is 0.274 e. The van der Waals surface area contributed by atoms with E-state index in [9.17, 15) is 18.0 Å². The summed E-state index contributed by atoms with van der Waals surface area (Å²) in [5.41, 5.74) is 1.32. The van der Waals surface area contributed by atoms with E-state index in [0.29, 0.717) is 26.3 Å². The Morgan fingerprint density at radius 1 is 1.06 bits per heavy atom. The monoisotopic (exact) mass is 503 g/mol. The van der Waals surface area contributed by atoms with Crippen molar-refractivity contribution >= 4 is 38.9 Å². The number of thiophene rings is 1. The minimum atomic E-state index is -3.89. The largest absolute Gasteiger partial charge is 0.346 e. The highest BCUT2D eigenvalue weighted by Gasteiger charge is 2.22. The van der Waals surface area contributed by atoms with E-state index in [-0.39, 0.29) is 23.2 Å². The molecule has 0 aliphatic carbocycles. The highest BCUT2D eigenvalue weighted by molar-refractivity contribution is 7.89. The summed E-state index contributed by atoms with van der Waals surface area (Å²) in [6.45, 7) is 0.0189. The highest BCUT2D eigenvalue weighted by atomic mass is 35.5. The number of carbonyl (C=O) groups excluding carboxylic acids is 1. The number of hydrogen-bond donors (Lipinski definition) is 2. The van der Waals surface area contributed by atoms with Gasteiger partial charge in [0.05, 0.1) is 21.5 Å². The van der Waals surface area contributed by atoms with Crippen molar-refractivity contribution < 1.29 is 13.2 Å². The quantitative estimate of drug-likeness (QED) is 0.402. The second-order valence-corrected chi connectivity index (χ2v) is 10.3. The summed E-state index contributed by atoms with van der Waals surface area (Å²) >= 11 is 7.01. The van der Waals surface area contributed by atoms with Gasteiger partial charge >= 0.3 is 0 Å². The molecule has 0 aliphatic heterocycles. The van der Waals surface area contributed by atoms with Crippen LogP contribution in [0.25, 0.3) is 11.4 Å². The molecule has 2 N–H and O–H groups in total. The molecular formula is C21H18ClN5O4S2. The summed E-state index contributed by atoms with van der Waals surface area (Å²) in [4.78, 5) is 29.0. The fraction of sp³-hybridized carbons (Fsp3) is 0.0952. The normalized spacial score (nSPS) is 11.5. The van der Waals surface area contributed by atoms with Crippen molar-refractivity contribution in [1.29, 1.82) is 0 Å². The van der Waals surface area contributed by atoms with Gasteiger partial charge in [-0.3, -0.25) is 18.7 Å². The van der Waals surface area contributed by atoms with Crippen molar-refractivity contribution in [2.75, 3.05) is 7.05 Å². The number of imidazole rings is 1. The molecule has 4 rings (SSSR count). The van der Waals surface area contributed by atoms with Crippen molar-refractivity contribution in [3.8, 4) is 11.4 Å². The second kappa shape index (κ2) is 9.32. The van der Waals surface area contributed by atoms with Gasteiger partial charge < -0.3 is 5.32 Å². The van der Waals surface area contributed by atoms with Crippen LogP contribution < -0.4 is 15.6 Å². The molecule has 1 amide bonds. The number of benzene rings is 1. The van der Waals surface area contributed by atoms with E-state index in [1.165, 1.54) is 28.4 Å². The third-order valence-electron chi connectivity index (χ3n) is 4.69. The summed E-state index contributed by atoms with van der Waals surface area (Å²) in [7, 11) is -2.60. The van der Waals surface area contributed by atoms with Crippen molar-refractivity contribution in [3.05, 3.63) is 92.3 Å². The van der Waals surface area contributed by atoms with E-state index >= 15 is 0 Å². The number of nitrogens with one attached hydrogen (secondary N) is 2. The van der Waals surface area contributed by atoms with E-state index < -0.39 is 10.0 Å². The molecule has 170 valence electrons. The topological polar surface area (TPSA) is 115 Å². The molecule has 0 radical (unpaired) electrons. The Morgan fingerprint density at radius 2 is 1.76 bits per heavy atom. The molecule has 33 heavy (non-hydrogen) atoms. The zero-order valence-electron chi connectivity index (χ0n) is 17.2. The van der Waals surface area contributed by atoms with Crippen LogP contribution in [0.2, 0.25) is 4.34 Å². The fourth-order valence-corrected chi connectivity index (χ4v) is 4.87. The van der Waals surface area contributed by atoms with E-state index in [1.807, 2.05) is 0 Å². The van der Waals surface area contributed by atoms with Gasteiger partial charge in [-0.1, -0.05) is 17.7 Å². The number of sulfonamides is 1. The van der Waals surface area contributed by atoms with Gasteiger partial charge in [0.25, 0.3) is 21.5 Å². The maximum Gasteiger partial charge on any atom is 0.274 e. The first-order chi connectivity index (χ1) is 15.8. The van der Waals surface area contributed by atoms with Crippen LogP contribution in [0.15, 0.2) is 76.9 Å². The molecule has 1 aromatic carbocycles. The number of carbonyl (C=O) groups is 1. The third-order valence-corrected chi connectivity index (χ3v) is 7.22. The van der Waals surface area contributed by atoms with Gasteiger partial charge in [-0.15, -0.1) is 11.3 Å². The summed E-state index contributed by atoms with van der Waals surface area (Å²) in [6, 6.07) is 14.9. The average molecular weight is 504 g/mol. The number of halogens is 1. The van der Waals surface area contributed by atoms with Crippen LogP contribution in [0.4, 0.5) is 0 Å². The molecule has 4 aromatic rings. The van der Waals surface area contributed by atoms with Gasteiger partial charge in [0, 0.05) is 29.8 Å². The van der Waals surface area contributed by atoms with Crippen LogP contribution in [0, 0.1) is 0 Å². The lowest BCUT2D eigenvalue weighted by atomic mass is 10.2. The van der Waals surface area contributed by atoms with Crippen molar-refractivity contribution in [2.24, 2.45) is 0 Å². The van der Waals surface area contributed by atoms with E-state index in [2.05, 4.69) is 15.0 Å². The minimum Gasteiger partial charge on any atom is -0.346 e. The average Bonchev–Trinajstić information content (AvgIpc) is 3.45.